The van der Waals surface area contributed by atoms with Crippen molar-refractivity contribution in [1.82, 2.24) is 0 Å². The third kappa shape index (κ3) is 3.97. The summed E-state index contributed by atoms with van der Waals surface area (Å²) >= 11 is 13.1. The molecule has 17 heavy (non-hydrogen) atoms. The molecule has 0 amide bonds. The number of alkyl halides is 3. The van der Waals surface area contributed by atoms with Crippen LogP contribution in [0.2, 0.25) is 0 Å². The summed E-state index contributed by atoms with van der Waals surface area (Å²) in [4.78, 5) is 11.5. The lowest BCUT2D eigenvalue weighted by molar-refractivity contribution is -0.145. The van der Waals surface area contributed by atoms with Crippen molar-refractivity contribution < 1.29 is 9.53 Å². The van der Waals surface area contributed by atoms with Crippen molar-refractivity contribution in [2.75, 3.05) is 5.88 Å². The van der Waals surface area contributed by atoms with Gasteiger partial charge in [-0.15, -0.1) is 11.6 Å². The van der Waals surface area contributed by atoms with Gasteiger partial charge in [-0.25, -0.2) is 0 Å². The molecule has 1 rings (SSSR count). The molecule has 1 aliphatic carbocycles. The van der Waals surface area contributed by atoms with Gasteiger partial charge in [-0.3, -0.25) is 4.79 Å². The maximum atomic E-state index is 11.1. The number of rotatable bonds is 3. The summed E-state index contributed by atoms with van der Waals surface area (Å²) in [5, 5.41) is 0. The lowest BCUT2D eigenvalue weighted by atomic mass is 9.77. The fourth-order valence-electron chi connectivity index (χ4n) is 1.94. The van der Waals surface area contributed by atoms with Crippen molar-refractivity contribution >= 4 is 49.4 Å². The normalized spacial score (nSPS) is 29.4. The molecule has 0 radical (unpaired) electrons. The highest BCUT2D eigenvalue weighted by molar-refractivity contribution is 9.09. The van der Waals surface area contributed by atoms with Crippen LogP contribution in [-0.2, 0) is 9.53 Å². The van der Waals surface area contributed by atoms with Crippen molar-refractivity contribution in [3.63, 3.8) is 0 Å². The first-order valence-electron chi connectivity index (χ1n) is 5.52. The molecule has 0 saturated carbocycles. The van der Waals surface area contributed by atoms with Gasteiger partial charge in [0.1, 0.15) is 6.10 Å². The van der Waals surface area contributed by atoms with Gasteiger partial charge in [-0.05, 0) is 11.0 Å². The molecule has 0 fully saturated rings. The van der Waals surface area contributed by atoms with E-state index in [0.29, 0.717) is 5.88 Å². The summed E-state index contributed by atoms with van der Waals surface area (Å²) in [7, 11) is 0. The number of allylic oxidation sites excluding steroid dienone is 1. The summed E-state index contributed by atoms with van der Waals surface area (Å²) in [6.07, 6.45) is 2.75. The van der Waals surface area contributed by atoms with E-state index in [2.05, 4.69) is 51.8 Å². The van der Waals surface area contributed by atoms with Crippen molar-refractivity contribution in [2.45, 2.75) is 43.0 Å². The van der Waals surface area contributed by atoms with E-state index in [1.54, 1.807) is 0 Å². The number of ether oxygens (including phenoxy) is 1. The number of halogens is 3. The molecule has 0 aromatic carbocycles. The average molecular weight is 389 g/mol. The van der Waals surface area contributed by atoms with E-state index >= 15 is 0 Å². The second kappa shape index (κ2) is 6.07. The lowest BCUT2D eigenvalue weighted by Gasteiger charge is -2.38. The Hall–Kier alpha value is 0.460. The van der Waals surface area contributed by atoms with E-state index in [-0.39, 0.29) is 27.1 Å². The van der Waals surface area contributed by atoms with Gasteiger partial charge in [-0.1, -0.05) is 51.8 Å². The van der Waals surface area contributed by atoms with Gasteiger partial charge in [-0.2, -0.15) is 0 Å². The van der Waals surface area contributed by atoms with Crippen molar-refractivity contribution in [1.29, 1.82) is 0 Å². The van der Waals surface area contributed by atoms with Crippen molar-refractivity contribution in [3.8, 4) is 0 Å². The number of hydrogen-bond acceptors (Lipinski definition) is 2. The highest BCUT2D eigenvalue weighted by Gasteiger charge is 2.38. The van der Waals surface area contributed by atoms with Crippen LogP contribution in [0.15, 0.2) is 11.6 Å². The van der Waals surface area contributed by atoms with Crippen LogP contribution in [0.5, 0.6) is 0 Å². The molecule has 0 spiro atoms. The quantitative estimate of drug-likeness (QED) is 0.414. The van der Waals surface area contributed by atoms with Gasteiger partial charge < -0.3 is 4.74 Å². The minimum Gasteiger partial charge on any atom is -0.458 e. The van der Waals surface area contributed by atoms with E-state index in [1.807, 2.05) is 0 Å². The lowest BCUT2D eigenvalue weighted by Crippen LogP contribution is -2.38. The van der Waals surface area contributed by atoms with E-state index in [4.69, 9.17) is 16.3 Å². The molecule has 3 atom stereocenters. The molecule has 0 saturated heterocycles. The first-order chi connectivity index (χ1) is 7.77. The number of carbonyl (C=O) groups excluding carboxylic acids is 1. The zero-order chi connectivity index (χ0) is 13.2. The first-order valence-corrected chi connectivity index (χ1v) is 7.88. The molecular formula is C12H17Br2ClO2. The average Bonchev–Trinajstić information content (AvgIpc) is 2.21. The van der Waals surface area contributed by atoms with Crippen LogP contribution < -0.4 is 0 Å². The van der Waals surface area contributed by atoms with Crippen LogP contribution in [0.1, 0.15) is 27.2 Å². The molecule has 1 aliphatic rings. The van der Waals surface area contributed by atoms with Crippen LogP contribution in [-0.4, -0.2) is 27.6 Å². The molecule has 0 aliphatic heterocycles. The van der Waals surface area contributed by atoms with Gasteiger partial charge in [0.25, 0.3) is 0 Å². The third-order valence-electron chi connectivity index (χ3n) is 2.94. The van der Waals surface area contributed by atoms with Crippen LogP contribution in [0, 0.1) is 5.41 Å². The van der Waals surface area contributed by atoms with Gasteiger partial charge in [0.2, 0.25) is 0 Å². The second-order valence-electron chi connectivity index (χ2n) is 4.89. The fourth-order valence-corrected chi connectivity index (χ4v) is 3.02. The highest BCUT2D eigenvalue weighted by Crippen LogP contribution is 2.41. The largest absolute Gasteiger partial charge is 0.458 e. The van der Waals surface area contributed by atoms with Gasteiger partial charge in [0.05, 0.1) is 4.83 Å². The van der Waals surface area contributed by atoms with Crippen molar-refractivity contribution in [3.05, 3.63) is 11.6 Å². The Morgan fingerprint density at radius 1 is 1.71 bits per heavy atom. The Morgan fingerprint density at radius 2 is 2.29 bits per heavy atom. The van der Waals surface area contributed by atoms with Gasteiger partial charge in [0.15, 0.2) is 0 Å². The maximum absolute atomic E-state index is 11.1. The van der Waals surface area contributed by atoms with E-state index in [9.17, 15) is 4.79 Å². The molecule has 0 N–H and O–H groups in total. The molecule has 0 aromatic heterocycles. The van der Waals surface area contributed by atoms with E-state index < -0.39 is 0 Å². The SMILES string of the molecule is CC(=O)O[C@H]1C[C@H](Br)C(C)(C)C=C1[C@H](Br)CCl. The predicted molar refractivity (Wildman–Crippen MR) is 78.2 cm³/mol. The molecule has 98 valence electrons. The maximum Gasteiger partial charge on any atom is 0.303 e. The highest BCUT2D eigenvalue weighted by atomic mass is 79.9. The fraction of sp³-hybridized carbons (Fsp3) is 0.750. The third-order valence-corrected chi connectivity index (χ3v) is 6.03. The number of carbonyl (C=O) groups is 1. The number of esters is 1. The van der Waals surface area contributed by atoms with E-state index in [0.717, 1.165) is 12.0 Å². The van der Waals surface area contributed by atoms with Crippen LogP contribution in [0.4, 0.5) is 0 Å². The minimum absolute atomic E-state index is 0.0318. The zero-order valence-electron chi connectivity index (χ0n) is 10.2. The number of hydrogen-bond donors (Lipinski definition) is 0. The Bertz CT molecular complexity index is 328. The Kier molecular flexibility index (Phi) is 5.54. The van der Waals surface area contributed by atoms with Crippen molar-refractivity contribution in [2.24, 2.45) is 5.41 Å². The second-order valence-corrected chi connectivity index (χ2v) is 7.41. The Labute approximate surface area is 124 Å². The molecule has 2 nitrogen and oxygen atoms in total. The van der Waals surface area contributed by atoms with E-state index in [1.165, 1.54) is 6.92 Å². The Balaban J connectivity index is 3.00. The smallest absolute Gasteiger partial charge is 0.303 e. The Morgan fingerprint density at radius 3 is 2.76 bits per heavy atom. The molecule has 0 aromatic rings. The topological polar surface area (TPSA) is 26.3 Å². The van der Waals surface area contributed by atoms with Crippen LogP contribution in [0.3, 0.4) is 0 Å². The van der Waals surface area contributed by atoms with Gasteiger partial charge in [0, 0.05) is 24.1 Å². The summed E-state index contributed by atoms with van der Waals surface area (Å²) < 4.78 is 5.36. The predicted octanol–water partition coefficient (Wildman–Crippen LogP) is 4.04. The van der Waals surface area contributed by atoms with Gasteiger partial charge >= 0.3 is 5.97 Å². The van der Waals surface area contributed by atoms with Crippen LogP contribution in [0.25, 0.3) is 0 Å². The molecule has 0 unspecified atom stereocenters. The molecular weight excluding hydrogens is 371 g/mol. The summed E-state index contributed by atoms with van der Waals surface area (Å²) in [6, 6.07) is 0. The summed E-state index contributed by atoms with van der Waals surface area (Å²) in [5.41, 5.74) is 1.10. The minimum atomic E-state index is -0.255. The standard InChI is InChI=1S/C12H17Br2ClO2/c1-7(16)17-10-4-11(14)12(2,3)5-8(10)9(13)6-15/h5,9-11H,4,6H2,1-3H3/t9-,10+,11+/m1/s1. The van der Waals surface area contributed by atoms with Crippen LogP contribution >= 0.6 is 43.5 Å². The summed E-state index contributed by atoms with van der Waals surface area (Å²) in [6.45, 7) is 5.75. The zero-order valence-corrected chi connectivity index (χ0v) is 14.1. The molecule has 0 heterocycles. The first kappa shape index (κ1) is 15.5. The molecule has 0 bridgehead atoms. The molecule has 5 heteroatoms. The monoisotopic (exact) mass is 386 g/mol. The summed E-state index contributed by atoms with van der Waals surface area (Å²) in [5.74, 6) is 0.210.